The van der Waals surface area contributed by atoms with E-state index in [0.29, 0.717) is 6.42 Å². The Balaban J connectivity index is 2.27. The third-order valence-electron chi connectivity index (χ3n) is 1.41. The fourth-order valence-electron chi connectivity index (χ4n) is 0.814. The smallest absolute Gasteiger partial charge is 0.327 e. The van der Waals surface area contributed by atoms with Crippen molar-refractivity contribution < 1.29 is 14.6 Å². The summed E-state index contributed by atoms with van der Waals surface area (Å²) >= 11 is 0. The molecule has 0 saturated heterocycles. The van der Waals surface area contributed by atoms with Gasteiger partial charge in [-0.05, 0) is 0 Å². The average Bonchev–Trinajstić information content (AvgIpc) is 2.52. The molecule has 0 radical (unpaired) electrons. The van der Waals surface area contributed by atoms with Crippen molar-refractivity contribution in [1.29, 1.82) is 0 Å². The van der Waals surface area contributed by atoms with Gasteiger partial charge in [0.2, 0.25) is 5.95 Å². The predicted molar refractivity (Wildman–Crippen MR) is 47.1 cm³/mol. The van der Waals surface area contributed by atoms with Crippen molar-refractivity contribution in [3.63, 3.8) is 0 Å². The standard InChI is InChI=1S/C7H12N4O3/c8-7-9-5-11(10-7)4-6(13)14-3-1-2-12/h5,12H,1-4H2,(H2,8,10). The molecule has 0 aliphatic heterocycles. The third-order valence-corrected chi connectivity index (χ3v) is 1.41. The van der Waals surface area contributed by atoms with Crippen LogP contribution in [0.25, 0.3) is 0 Å². The summed E-state index contributed by atoms with van der Waals surface area (Å²) in [5, 5.41) is 12.1. The van der Waals surface area contributed by atoms with Crippen LogP contribution in [0.4, 0.5) is 5.95 Å². The number of rotatable bonds is 5. The molecule has 7 heteroatoms. The summed E-state index contributed by atoms with van der Waals surface area (Å²) in [6, 6.07) is 0. The van der Waals surface area contributed by atoms with Crippen LogP contribution in [0.3, 0.4) is 0 Å². The highest BCUT2D eigenvalue weighted by atomic mass is 16.5. The van der Waals surface area contributed by atoms with Crippen molar-refractivity contribution in [2.45, 2.75) is 13.0 Å². The molecule has 0 unspecified atom stereocenters. The summed E-state index contributed by atoms with van der Waals surface area (Å²) in [7, 11) is 0. The number of carbonyl (C=O) groups excluding carboxylic acids is 1. The van der Waals surface area contributed by atoms with Crippen molar-refractivity contribution in [2.24, 2.45) is 0 Å². The molecule has 1 heterocycles. The molecule has 1 aromatic heterocycles. The lowest BCUT2D eigenvalue weighted by molar-refractivity contribution is -0.144. The molecule has 0 aromatic carbocycles. The fourth-order valence-corrected chi connectivity index (χ4v) is 0.814. The topological polar surface area (TPSA) is 103 Å². The van der Waals surface area contributed by atoms with Crippen LogP contribution in [-0.2, 0) is 16.1 Å². The summed E-state index contributed by atoms with van der Waals surface area (Å²) in [4.78, 5) is 14.7. The summed E-state index contributed by atoms with van der Waals surface area (Å²) in [5.74, 6) is -0.309. The van der Waals surface area contributed by atoms with Gasteiger partial charge in [-0.3, -0.25) is 4.79 Å². The second-order valence-corrected chi connectivity index (χ2v) is 2.60. The van der Waals surface area contributed by atoms with Gasteiger partial charge in [-0.1, -0.05) is 0 Å². The summed E-state index contributed by atoms with van der Waals surface area (Å²) < 4.78 is 6.06. The van der Waals surface area contributed by atoms with Crippen LogP contribution in [0.15, 0.2) is 6.33 Å². The number of hydrogen-bond acceptors (Lipinski definition) is 6. The summed E-state index contributed by atoms with van der Waals surface area (Å²) in [6.07, 6.45) is 1.79. The van der Waals surface area contributed by atoms with E-state index in [1.165, 1.54) is 11.0 Å². The number of ether oxygens (including phenoxy) is 1. The van der Waals surface area contributed by atoms with E-state index in [0.717, 1.165) is 0 Å². The van der Waals surface area contributed by atoms with E-state index in [4.69, 9.17) is 15.6 Å². The number of nitrogens with zero attached hydrogens (tertiary/aromatic N) is 3. The lowest BCUT2D eigenvalue weighted by atomic mass is 10.5. The number of nitrogen functional groups attached to an aromatic ring is 1. The molecule has 3 N–H and O–H groups in total. The zero-order chi connectivity index (χ0) is 10.4. The van der Waals surface area contributed by atoms with E-state index in [-0.39, 0.29) is 25.7 Å². The molecule has 7 nitrogen and oxygen atoms in total. The average molecular weight is 200 g/mol. The van der Waals surface area contributed by atoms with Gasteiger partial charge >= 0.3 is 5.97 Å². The Morgan fingerprint density at radius 1 is 1.71 bits per heavy atom. The Labute approximate surface area is 80.5 Å². The highest BCUT2D eigenvalue weighted by Gasteiger charge is 2.05. The molecule has 0 amide bonds. The van der Waals surface area contributed by atoms with Crippen LogP contribution in [0.5, 0.6) is 0 Å². The maximum Gasteiger partial charge on any atom is 0.327 e. The molecule has 14 heavy (non-hydrogen) atoms. The van der Waals surface area contributed by atoms with Crippen LogP contribution in [0.1, 0.15) is 6.42 Å². The number of aliphatic hydroxyl groups is 1. The molecule has 0 atom stereocenters. The molecule has 0 fully saturated rings. The monoisotopic (exact) mass is 200 g/mol. The maximum atomic E-state index is 11.1. The first kappa shape index (κ1) is 10.5. The van der Waals surface area contributed by atoms with Crippen molar-refractivity contribution in [3.05, 3.63) is 6.33 Å². The largest absolute Gasteiger partial charge is 0.464 e. The Bertz CT molecular complexity index is 299. The second kappa shape index (κ2) is 5.18. The fraction of sp³-hybridized carbons (Fsp3) is 0.571. The molecular weight excluding hydrogens is 188 g/mol. The first-order valence-corrected chi connectivity index (χ1v) is 4.14. The quantitative estimate of drug-likeness (QED) is 0.456. The first-order chi connectivity index (χ1) is 6.72. The number of esters is 1. The van der Waals surface area contributed by atoms with Gasteiger partial charge in [0.1, 0.15) is 12.9 Å². The van der Waals surface area contributed by atoms with Gasteiger partial charge in [0.05, 0.1) is 6.61 Å². The molecule has 0 aliphatic rings. The van der Waals surface area contributed by atoms with Gasteiger partial charge in [0.25, 0.3) is 0 Å². The van der Waals surface area contributed by atoms with E-state index in [1.54, 1.807) is 0 Å². The molecule has 0 spiro atoms. The van der Waals surface area contributed by atoms with Gasteiger partial charge in [-0.15, -0.1) is 5.10 Å². The van der Waals surface area contributed by atoms with E-state index >= 15 is 0 Å². The molecular formula is C7H12N4O3. The normalized spacial score (nSPS) is 10.1. The number of carbonyl (C=O) groups is 1. The molecule has 1 rings (SSSR count). The van der Waals surface area contributed by atoms with Gasteiger partial charge in [-0.2, -0.15) is 0 Å². The first-order valence-electron chi connectivity index (χ1n) is 4.14. The van der Waals surface area contributed by atoms with Crippen LogP contribution in [0, 0.1) is 0 Å². The highest BCUT2D eigenvalue weighted by Crippen LogP contribution is 1.91. The lowest BCUT2D eigenvalue weighted by Gasteiger charge is -2.02. The van der Waals surface area contributed by atoms with Crippen LogP contribution in [-0.4, -0.2) is 39.1 Å². The zero-order valence-corrected chi connectivity index (χ0v) is 7.59. The SMILES string of the molecule is Nc1ncn(CC(=O)OCCCO)n1. The number of anilines is 1. The van der Waals surface area contributed by atoms with Gasteiger partial charge < -0.3 is 15.6 Å². The minimum atomic E-state index is -0.427. The molecule has 0 aliphatic carbocycles. The van der Waals surface area contributed by atoms with Crippen molar-refractivity contribution in [3.8, 4) is 0 Å². The van der Waals surface area contributed by atoms with Crippen molar-refractivity contribution in [2.75, 3.05) is 18.9 Å². The number of aliphatic hydroxyl groups excluding tert-OH is 1. The minimum Gasteiger partial charge on any atom is -0.464 e. The predicted octanol–water partition coefficient (Wildman–Crippen LogP) is -1.21. The Morgan fingerprint density at radius 2 is 2.50 bits per heavy atom. The molecule has 0 bridgehead atoms. The van der Waals surface area contributed by atoms with E-state index in [2.05, 4.69) is 10.1 Å². The minimum absolute atomic E-state index is 0.00353. The van der Waals surface area contributed by atoms with Crippen LogP contribution < -0.4 is 5.73 Å². The highest BCUT2D eigenvalue weighted by molar-refractivity contribution is 5.68. The summed E-state index contributed by atoms with van der Waals surface area (Å²) in [6.45, 7) is 0.193. The molecule has 1 aromatic rings. The van der Waals surface area contributed by atoms with E-state index in [1.807, 2.05) is 0 Å². The number of nitrogens with two attached hydrogens (primary N) is 1. The second-order valence-electron chi connectivity index (χ2n) is 2.60. The van der Waals surface area contributed by atoms with Crippen molar-refractivity contribution >= 4 is 11.9 Å². The van der Waals surface area contributed by atoms with Gasteiger partial charge in [-0.25, -0.2) is 9.67 Å². The lowest BCUT2D eigenvalue weighted by Crippen LogP contribution is -2.15. The van der Waals surface area contributed by atoms with Gasteiger partial charge in [0.15, 0.2) is 0 Å². The van der Waals surface area contributed by atoms with Crippen molar-refractivity contribution in [1.82, 2.24) is 14.8 Å². The van der Waals surface area contributed by atoms with E-state index < -0.39 is 5.97 Å². The van der Waals surface area contributed by atoms with E-state index in [9.17, 15) is 4.79 Å². The third kappa shape index (κ3) is 3.40. The number of hydrogen-bond donors (Lipinski definition) is 2. The van der Waals surface area contributed by atoms with Crippen LogP contribution >= 0.6 is 0 Å². The number of aromatic nitrogens is 3. The maximum absolute atomic E-state index is 11.1. The zero-order valence-electron chi connectivity index (χ0n) is 7.59. The Hall–Kier alpha value is -1.63. The summed E-state index contributed by atoms with van der Waals surface area (Å²) in [5.41, 5.74) is 5.25. The Kier molecular flexibility index (Phi) is 3.86. The van der Waals surface area contributed by atoms with Crippen LogP contribution in [0.2, 0.25) is 0 Å². The molecule has 0 saturated carbocycles. The molecule has 78 valence electrons. The Morgan fingerprint density at radius 3 is 3.07 bits per heavy atom. The van der Waals surface area contributed by atoms with Gasteiger partial charge in [0, 0.05) is 13.0 Å².